The number of aromatic carboxylic acids is 1. The number of hydrogen-bond acceptors (Lipinski definition) is 6. The lowest BCUT2D eigenvalue weighted by atomic mass is 10.1. The van der Waals surface area contributed by atoms with Crippen LogP contribution in [-0.4, -0.2) is 55.3 Å². The van der Waals surface area contributed by atoms with Crippen molar-refractivity contribution in [3.8, 4) is 0 Å². The van der Waals surface area contributed by atoms with E-state index in [1.54, 1.807) is 18.2 Å². The zero-order valence-corrected chi connectivity index (χ0v) is 15.6. The van der Waals surface area contributed by atoms with Crippen LogP contribution in [0.4, 0.5) is 0 Å². The van der Waals surface area contributed by atoms with Crippen molar-refractivity contribution in [2.45, 2.75) is 12.5 Å². The molecule has 6 nitrogen and oxygen atoms in total. The van der Waals surface area contributed by atoms with Gasteiger partial charge in [-0.1, -0.05) is 36.1 Å². The van der Waals surface area contributed by atoms with Gasteiger partial charge in [0.25, 0.3) is 5.91 Å². The molecule has 1 aromatic carbocycles. The van der Waals surface area contributed by atoms with Crippen LogP contribution in [0.3, 0.4) is 0 Å². The quantitative estimate of drug-likeness (QED) is 0.536. The highest BCUT2D eigenvalue weighted by molar-refractivity contribution is 8.26. The topological polar surface area (TPSA) is 94.9 Å². The fraction of sp³-hybridized carbons (Fsp3) is 0.250. The highest BCUT2D eigenvalue weighted by Gasteiger charge is 2.40. The van der Waals surface area contributed by atoms with Gasteiger partial charge >= 0.3 is 11.9 Å². The number of carboxylic acids is 2. The van der Waals surface area contributed by atoms with E-state index < -0.39 is 23.9 Å². The minimum Gasteiger partial charge on any atom is -0.480 e. The first kappa shape index (κ1) is 19.5. The highest BCUT2D eigenvalue weighted by atomic mass is 32.2. The summed E-state index contributed by atoms with van der Waals surface area (Å²) in [5.41, 5.74) is 0.786. The van der Waals surface area contributed by atoms with Gasteiger partial charge in [-0.05, 0) is 42.2 Å². The van der Waals surface area contributed by atoms with Gasteiger partial charge in [0.15, 0.2) is 0 Å². The molecule has 1 amide bonds. The minimum absolute atomic E-state index is 0.146. The Labute approximate surface area is 158 Å². The molecule has 9 heteroatoms. The van der Waals surface area contributed by atoms with Crippen molar-refractivity contribution in [3.63, 3.8) is 0 Å². The van der Waals surface area contributed by atoms with E-state index in [4.69, 9.17) is 17.3 Å². The van der Waals surface area contributed by atoms with Crippen LogP contribution in [0.5, 0.6) is 0 Å². The van der Waals surface area contributed by atoms with Crippen LogP contribution in [0.2, 0.25) is 0 Å². The maximum absolute atomic E-state index is 12.6. The van der Waals surface area contributed by atoms with Crippen LogP contribution in [-0.2, 0) is 9.59 Å². The lowest BCUT2D eigenvalue weighted by molar-refractivity contribution is -0.145. The van der Waals surface area contributed by atoms with Crippen molar-refractivity contribution in [1.82, 2.24) is 4.90 Å². The number of carbonyl (C=O) groups excluding carboxylic acids is 1. The first-order valence-corrected chi connectivity index (χ1v) is 9.79. The average Bonchev–Trinajstić information content (AvgIpc) is 2.83. The van der Waals surface area contributed by atoms with Gasteiger partial charge in [-0.2, -0.15) is 11.8 Å². The average molecular weight is 397 g/mol. The third-order valence-corrected chi connectivity index (χ3v) is 5.45. The predicted molar refractivity (Wildman–Crippen MR) is 103 cm³/mol. The number of amides is 1. The third kappa shape index (κ3) is 4.62. The van der Waals surface area contributed by atoms with E-state index in [2.05, 4.69) is 0 Å². The minimum atomic E-state index is -1.09. The molecule has 1 saturated heterocycles. The molecule has 0 aromatic heterocycles. The Kier molecular flexibility index (Phi) is 6.63. The lowest BCUT2D eigenvalue weighted by Gasteiger charge is -2.22. The van der Waals surface area contributed by atoms with Gasteiger partial charge in [-0.15, -0.1) is 0 Å². The summed E-state index contributed by atoms with van der Waals surface area (Å²) in [6, 6.07) is 5.05. The number of nitrogens with zero attached hydrogens (tertiary/aromatic N) is 1. The number of carboxylic acid groups (broad SMARTS) is 2. The molecule has 1 aliphatic heterocycles. The second kappa shape index (κ2) is 8.50. The molecule has 2 N–H and O–H groups in total. The van der Waals surface area contributed by atoms with Crippen LogP contribution in [0.15, 0.2) is 29.2 Å². The number of hydrogen-bond donors (Lipinski definition) is 2. The van der Waals surface area contributed by atoms with Crippen LogP contribution in [0.1, 0.15) is 22.3 Å². The van der Waals surface area contributed by atoms with Gasteiger partial charge in [0.05, 0.1) is 10.5 Å². The Hall–Kier alpha value is -1.84. The second-order valence-electron chi connectivity index (χ2n) is 5.11. The molecule has 0 bridgehead atoms. The van der Waals surface area contributed by atoms with Crippen molar-refractivity contribution >= 4 is 64.0 Å². The van der Waals surface area contributed by atoms with E-state index in [0.29, 0.717) is 22.6 Å². The Morgan fingerprint density at radius 1 is 1.32 bits per heavy atom. The van der Waals surface area contributed by atoms with Crippen molar-refractivity contribution in [3.05, 3.63) is 40.3 Å². The van der Waals surface area contributed by atoms with E-state index in [1.807, 2.05) is 6.26 Å². The zero-order chi connectivity index (χ0) is 18.6. The molecule has 0 aliphatic carbocycles. The first-order valence-electron chi connectivity index (χ1n) is 7.17. The summed E-state index contributed by atoms with van der Waals surface area (Å²) in [5.74, 6) is -1.96. The summed E-state index contributed by atoms with van der Waals surface area (Å²) < 4.78 is 0.215. The van der Waals surface area contributed by atoms with Gasteiger partial charge < -0.3 is 10.2 Å². The van der Waals surface area contributed by atoms with Crippen LogP contribution in [0.25, 0.3) is 6.08 Å². The van der Waals surface area contributed by atoms with Gasteiger partial charge in [0.2, 0.25) is 0 Å². The van der Waals surface area contributed by atoms with Gasteiger partial charge in [0.1, 0.15) is 10.4 Å². The van der Waals surface area contributed by atoms with Gasteiger partial charge in [0, 0.05) is 0 Å². The molecule has 0 saturated carbocycles. The molecule has 1 aromatic rings. The molecule has 1 unspecified atom stereocenters. The molecule has 1 atom stereocenters. The summed E-state index contributed by atoms with van der Waals surface area (Å²) in [7, 11) is 0. The van der Waals surface area contributed by atoms with E-state index >= 15 is 0 Å². The summed E-state index contributed by atoms with van der Waals surface area (Å²) >= 11 is 7.74. The number of rotatable bonds is 7. The largest absolute Gasteiger partial charge is 0.480 e. The number of benzene rings is 1. The molecule has 25 heavy (non-hydrogen) atoms. The molecule has 1 fully saturated rings. The molecule has 132 valence electrons. The number of carbonyl (C=O) groups is 3. The summed E-state index contributed by atoms with van der Waals surface area (Å²) in [5, 5.41) is 18.3. The summed E-state index contributed by atoms with van der Waals surface area (Å²) in [6.45, 7) is 0. The Balaban J connectivity index is 2.24. The molecule has 0 radical (unpaired) electrons. The van der Waals surface area contributed by atoms with Gasteiger partial charge in [-0.25, -0.2) is 9.59 Å². The number of thiocarbonyl (C=S) groups is 1. The van der Waals surface area contributed by atoms with Crippen molar-refractivity contribution in [1.29, 1.82) is 0 Å². The number of aliphatic carboxylic acids is 1. The normalized spacial score (nSPS) is 17.2. The molecule has 1 aliphatic rings. The van der Waals surface area contributed by atoms with E-state index in [1.165, 1.54) is 23.9 Å². The van der Waals surface area contributed by atoms with Crippen molar-refractivity contribution in [2.24, 2.45) is 0 Å². The number of thioether (sulfide) groups is 2. The lowest BCUT2D eigenvalue weighted by Crippen LogP contribution is -2.44. The molecule has 2 rings (SSSR count). The van der Waals surface area contributed by atoms with E-state index in [0.717, 1.165) is 16.7 Å². The fourth-order valence-corrected chi connectivity index (χ4v) is 4.03. The van der Waals surface area contributed by atoms with Crippen LogP contribution in [0, 0.1) is 0 Å². The first-order chi connectivity index (χ1) is 11.8. The summed E-state index contributed by atoms with van der Waals surface area (Å²) in [4.78, 5) is 36.4. The van der Waals surface area contributed by atoms with E-state index in [9.17, 15) is 19.5 Å². The van der Waals surface area contributed by atoms with Crippen LogP contribution < -0.4 is 0 Å². The second-order valence-corrected chi connectivity index (χ2v) is 7.78. The van der Waals surface area contributed by atoms with E-state index in [-0.39, 0.29) is 9.88 Å². The smallest absolute Gasteiger partial charge is 0.335 e. The standard InChI is InChI=1S/C16H15NO5S3/c1-24-7-6-11(15(21)22)17-13(18)12(25-16(17)23)8-9-2-4-10(5-3-9)14(19)20/h2-5,8,11H,6-7H2,1H3,(H,19,20)(H,21,22)/b12-8-. The van der Waals surface area contributed by atoms with Crippen molar-refractivity contribution in [2.75, 3.05) is 12.0 Å². The highest BCUT2D eigenvalue weighted by Crippen LogP contribution is 2.34. The maximum Gasteiger partial charge on any atom is 0.335 e. The molecule has 1 heterocycles. The third-order valence-electron chi connectivity index (χ3n) is 3.47. The SMILES string of the molecule is CSCCC(C(=O)O)N1C(=O)/C(=C/c2ccc(C(=O)O)cc2)SC1=S. The van der Waals surface area contributed by atoms with Gasteiger partial charge in [-0.3, -0.25) is 9.69 Å². The van der Waals surface area contributed by atoms with Crippen LogP contribution >= 0.6 is 35.7 Å². The molecule has 0 spiro atoms. The van der Waals surface area contributed by atoms with Crippen molar-refractivity contribution < 1.29 is 24.6 Å². The molecular weight excluding hydrogens is 382 g/mol. The zero-order valence-electron chi connectivity index (χ0n) is 13.2. The summed E-state index contributed by atoms with van der Waals surface area (Å²) in [6.07, 6.45) is 3.76. The monoisotopic (exact) mass is 397 g/mol. The fourth-order valence-electron chi connectivity index (χ4n) is 2.21. The predicted octanol–water partition coefficient (Wildman–Crippen LogP) is 2.79. The molecular formula is C16H15NO5S3. The Morgan fingerprint density at radius 2 is 1.96 bits per heavy atom. The Morgan fingerprint density at radius 3 is 2.48 bits per heavy atom. The Bertz CT molecular complexity index is 745. The maximum atomic E-state index is 12.6.